The van der Waals surface area contributed by atoms with Crippen molar-refractivity contribution in [1.29, 1.82) is 0 Å². The molecule has 0 aliphatic carbocycles. The summed E-state index contributed by atoms with van der Waals surface area (Å²) in [5.41, 5.74) is 13.1. The first kappa shape index (κ1) is 20.1. The maximum absolute atomic E-state index is 5.94. The van der Waals surface area contributed by atoms with Crippen LogP contribution >= 0.6 is 0 Å². The molecule has 0 fully saturated rings. The van der Waals surface area contributed by atoms with E-state index in [-0.39, 0.29) is 5.95 Å². The zero-order valence-electron chi connectivity index (χ0n) is 16.6. The Morgan fingerprint density at radius 3 is 2.41 bits per heavy atom. The number of methoxy groups -OCH3 is 2. The lowest BCUT2D eigenvalue weighted by Crippen LogP contribution is -2.07. The van der Waals surface area contributed by atoms with E-state index in [9.17, 15) is 0 Å². The fraction of sp³-hybridized carbons (Fsp3) is 0.389. The molecule has 0 aliphatic rings. The SMILES string of the molecule is CCn1nnc(CCOc2c(OC)cc(Cc3cnc(N)nc3N)cc2OC)n1. The zero-order chi connectivity index (χ0) is 20.8. The van der Waals surface area contributed by atoms with Crippen molar-refractivity contribution < 1.29 is 14.2 Å². The molecule has 3 aromatic rings. The summed E-state index contributed by atoms with van der Waals surface area (Å²) in [6.07, 6.45) is 2.61. The van der Waals surface area contributed by atoms with E-state index in [1.807, 2.05) is 19.1 Å². The lowest BCUT2D eigenvalue weighted by atomic mass is 10.1. The topological polar surface area (TPSA) is 149 Å². The third kappa shape index (κ3) is 4.81. The first-order chi connectivity index (χ1) is 14.0. The lowest BCUT2D eigenvalue weighted by molar-refractivity contribution is 0.275. The van der Waals surface area contributed by atoms with Crippen molar-refractivity contribution >= 4 is 11.8 Å². The van der Waals surface area contributed by atoms with Crippen LogP contribution in [0.15, 0.2) is 18.3 Å². The molecule has 0 unspecified atom stereocenters. The Kier molecular flexibility index (Phi) is 6.27. The van der Waals surface area contributed by atoms with E-state index in [1.54, 1.807) is 20.4 Å². The summed E-state index contributed by atoms with van der Waals surface area (Å²) < 4.78 is 16.9. The van der Waals surface area contributed by atoms with Crippen LogP contribution in [0.4, 0.5) is 11.8 Å². The molecule has 1 aromatic carbocycles. The molecule has 0 saturated carbocycles. The molecular weight excluding hydrogens is 376 g/mol. The number of anilines is 2. The average molecular weight is 400 g/mol. The van der Waals surface area contributed by atoms with Gasteiger partial charge in [-0.05, 0) is 29.8 Å². The number of aromatic nitrogens is 6. The molecule has 0 saturated heterocycles. The van der Waals surface area contributed by atoms with Gasteiger partial charge >= 0.3 is 0 Å². The number of tetrazole rings is 1. The standard InChI is InChI=1S/C18H24N8O3/c1-4-26-24-15(23-25-26)5-6-29-16-13(27-2)8-11(9-14(16)28-3)7-12-10-21-18(20)22-17(12)19/h8-10H,4-7H2,1-3H3,(H4,19,20,21,22). The smallest absolute Gasteiger partial charge is 0.221 e. The third-order valence-corrected chi connectivity index (χ3v) is 4.18. The Balaban J connectivity index is 1.76. The molecular formula is C18H24N8O3. The van der Waals surface area contributed by atoms with Gasteiger partial charge in [0.15, 0.2) is 17.3 Å². The van der Waals surface area contributed by atoms with Crippen LogP contribution in [0.25, 0.3) is 0 Å². The van der Waals surface area contributed by atoms with E-state index in [0.717, 1.165) is 11.1 Å². The molecule has 0 radical (unpaired) electrons. The van der Waals surface area contributed by atoms with Crippen molar-refractivity contribution in [1.82, 2.24) is 30.2 Å². The van der Waals surface area contributed by atoms with Crippen LogP contribution < -0.4 is 25.7 Å². The zero-order valence-corrected chi connectivity index (χ0v) is 16.6. The van der Waals surface area contributed by atoms with Crippen LogP contribution in [-0.2, 0) is 19.4 Å². The van der Waals surface area contributed by atoms with E-state index >= 15 is 0 Å². The normalized spacial score (nSPS) is 10.7. The highest BCUT2D eigenvalue weighted by Gasteiger charge is 2.16. The van der Waals surface area contributed by atoms with Crippen LogP contribution in [0, 0.1) is 0 Å². The molecule has 154 valence electrons. The number of aryl methyl sites for hydroxylation is 1. The highest BCUT2D eigenvalue weighted by molar-refractivity contribution is 5.55. The van der Waals surface area contributed by atoms with Crippen LogP contribution in [0.1, 0.15) is 23.9 Å². The molecule has 0 amide bonds. The van der Waals surface area contributed by atoms with Crippen LogP contribution in [-0.4, -0.2) is 51.0 Å². The Morgan fingerprint density at radius 1 is 1.10 bits per heavy atom. The molecule has 0 bridgehead atoms. The molecule has 0 aliphatic heterocycles. The molecule has 0 atom stereocenters. The second-order valence-electron chi connectivity index (χ2n) is 6.14. The Morgan fingerprint density at radius 2 is 1.83 bits per heavy atom. The number of nitrogens with zero attached hydrogens (tertiary/aromatic N) is 6. The van der Waals surface area contributed by atoms with Gasteiger partial charge in [0.25, 0.3) is 0 Å². The number of hydrogen-bond acceptors (Lipinski definition) is 10. The third-order valence-electron chi connectivity index (χ3n) is 4.18. The average Bonchev–Trinajstić information content (AvgIpc) is 3.18. The van der Waals surface area contributed by atoms with Crippen molar-refractivity contribution in [2.75, 3.05) is 32.3 Å². The summed E-state index contributed by atoms with van der Waals surface area (Å²) >= 11 is 0. The first-order valence-corrected chi connectivity index (χ1v) is 9.05. The maximum atomic E-state index is 5.94. The first-order valence-electron chi connectivity index (χ1n) is 9.05. The van der Waals surface area contributed by atoms with Crippen molar-refractivity contribution in [3.8, 4) is 17.2 Å². The molecule has 4 N–H and O–H groups in total. The monoisotopic (exact) mass is 400 g/mol. The summed E-state index contributed by atoms with van der Waals surface area (Å²) in [4.78, 5) is 9.51. The van der Waals surface area contributed by atoms with Crippen molar-refractivity contribution in [3.05, 3.63) is 35.3 Å². The molecule has 11 heteroatoms. The van der Waals surface area contributed by atoms with Gasteiger partial charge < -0.3 is 25.7 Å². The number of benzene rings is 1. The Hall–Kier alpha value is -3.63. The minimum atomic E-state index is 0.138. The molecule has 29 heavy (non-hydrogen) atoms. The highest BCUT2D eigenvalue weighted by Crippen LogP contribution is 2.39. The molecule has 2 heterocycles. The summed E-state index contributed by atoms with van der Waals surface area (Å²) in [5, 5.41) is 12.2. The van der Waals surface area contributed by atoms with Crippen LogP contribution in [0.3, 0.4) is 0 Å². The number of nitrogens with two attached hydrogens (primary N) is 2. The van der Waals surface area contributed by atoms with Gasteiger partial charge in [0.2, 0.25) is 11.7 Å². The minimum absolute atomic E-state index is 0.138. The van der Waals surface area contributed by atoms with Gasteiger partial charge in [-0.3, -0.25) is 0 Å². The maximum Gasteiger partial charge on any atom is 0.221 e. The predicted octanol–water partition coefficient (Wildman–Crippen LogP) is 0.877. The van der Waals surface area contributed by atoms with E-state index in [4.69, 9.17) is 25.7 Å². The van der Waals surface area contributed by atoms with E-state index in [1.165, 1.54) is 4.80 Å². The highest BCUT2D eigenvalue weighted by atomic mass is 16.5. The van der Waals surface area contributed by atoms with Gasteiger partial charge in [0, 0.05) is 24.6 Å². The Labute approximate surface area is 168 Å². The van der Waals surface area contributed by atoms with Gasteiger partial charge in [0.05, 0.1) is 27.4 Å². The molecule has 0 spiro atoms. The van der Waals surface area contributed by atoms with Gasteiger partial charge in [-0.15, -0.1) is 10.2 Å². The number of hydrogen-bond donors (Lipinski definition) is 2. The predicted molar refractivity (Wildman–Crippen MR) is 106 cm³/mol. The fourth-order valence-electron chi connectivity index (χ4n) is 2.72. The van der Waals surface area contributed by atoms with Crippen LogP contribution in [0.2, 0.25) is 0 Å². The number of rotatable bonds is 9. The largest absolute Gasteiger partial charge is 0.493 e. The van der Waals surface area contributed by atoms with Gasteiger partial charge in [0.1, 0.15) is 5.82 Å². The van der Waals surface area contributed by atoms with Gasteiger partial charge in [-0.1, -0.05) is 0 Å². The number of ether oxygens (including phenoxy) is 3. The van der Waals surface area contributed by atoms with E-state index in [0.29, 0.717) is 54.9 Å². The summed E-state index contributed by atoms with van der Waals surface area (Å²) in [5.74, 6) is 2.67. The fourth-order valence-corrected chi connectivity index (χ4v) is 2.72. The van der Waals surface area contributed by atoms with Crippen molar-refractivity contribution in [2.24, 2.45) is 0 Å². The second-order valence-corrected chi connectivity index (χ2v) is 6.14. The molecule has 11 nitrogen and oxygen atoms in total. The van der Waals surface area contributed by atoms with Crippen LogP contribution in [0.5, 0.6) is 17.2 Å². The van der Waals surface area contributed by atoms with E-state index in [2.05, 4.69) is 25.4 Å². The number of nitrogen functional groups attached to an aromatic ring is 2. The molecule has 3 rings (SSSR count). The summed E-state index contributed by atoms with van der Waals surface area (Å²) in [7, 11) is 3.14. The minimum Gasteiger partial charge on any atom is -0.493 e. The van der Waals surface area contributed by atoms with Crippen molar-refractivity contribution in [2.45, 2.75) is 26.3 Å². The van der Waals surface area contributed by atoms with Gasteiger partial charge in [-0.2, -0.15) is 9.78 Å². The second kappa shape index (κ2) is 9.04. The van der Waals surface area contributed by atoms with Crippen molar-refractivity contribution in [3.63, 3.8) is 0 Å². The molecule has 2 aromatic heterocycles. The van der Waals surface area contributed by atoms with Gasteiger partial charge in [-0.25, -0.2) is 4.98 Å². The van der Waals surface area contributed by atoms with E-state index < -0.39 is 0 Å². The quantitative estimate of drug-likeness (QED) is 0.530. The Bertz CT molecular complexity index is 950. The summed E-state index contributed by atoms with van der Waals surface area (Å²) in [6.45, 7) is 2.96. The summed E-state index contributed by atoms with van der Waals surface area (Å²) in [6, 6.07) is 3.72. The lowest BCUT2D eigenvalue weighted by Gasteiger charge is -2.16.